The van der Waals surface area contributed by atoms with Crippen molar-refractivity contribution < 1.29 is 17.9 Å². The van der Waals surface area contributed by atoms with E-state index in [1.807, 2.05) is 29.6 Å². The molecule has 0 saturated carbocycles. The van der Waals surface area contributed by atoms with Gasteiger partial charge in [0.2, 0.25) is 15.9 Å². The maximum atomic E-state index is 12.7. The molecule has 152 valence electrons. The highest BCUT2D eigenvalue weighted by atomic mass is 35.5. The van der Waals surface area contributed by atoms with Crippen molar-refractivity contribution in [1.29, 1.82) is 0 Å². The molecule has 0 aliphatic carbocycles. The third kappa shape index (κ3) is 6.02. The molecular formula is C19H23ClN2O4S2. The van der Waals surface area contributed by atoms with Crippen molar-refractivity contribution in [2.24, 2.45) is 0 Å². The molecular weight excluding hydrogens is 420 g/mol. The van der Waals surface area contributed by atoms with Crippen LogP contribution < -0.4 is 5.32 Å². The fraction of sp³-hybridized carbons (Fsp3) is 0.421. The number of rotatable bonds is 8. The summed E-state index contributed by atoms with van der Waals surface area (Å²) >= 11 is 7.43. The number of hydrogen-bond donors (Lipinski definition) is 1. The Morgan fingerprint density at radius 3 is 2.61 bits per heavy atom. The fourth-order valence-corrected chi connectivity index (χ4v) is 5.63. The Morgan fingerprint density at radius 2 is 1.93 bits per heavy atom. The zero-order chi connectivity index (χ0) is 20.0. The SMILES string of the molecule is O=C(CCc1cc(Cl)cs1)NCc1ccccc1CS(=O)(=O)N1CCOCC1. The zero-order valence-corrected chi connectivity index (χ0v) is 17.8. The Bertz CT molecular complexity index is 908. The standard InChI is InChI=1S/C19H23ClN2O4S2/c20-17-11-18(27-13-17)5-6-19(23)21-12-15-3-1-2-4-16(15)14-28(24,25)22-7-9-26-10-8-22/h1-4,11,13H,5-10,12,14H2,(H,21,23). The summed E-state index contributed by atoms with van der Waals surface area (Å²) in [5, 5.41) is 5.42. The number of carbonyl (C=O) groups excluding carboxylic acids is 1. The van der Waals surface area contributed by atoms with Crippen molar-refractivity contribution in [3.63, 3.8) is 0 Å². The minimum absolute atomic E-state index is 0.0737. The number of nitrogens with zero attached hydrogens (tertiary/aromatic N) is 1. The molecule has 0 radical (unpaired) electrons. The highest BCUT2D eigenvalue weighted by Gasteiger charge is 2.25. The van der Waals surface area contributed by atoms with E-state index in [-0.39, 0.29) is 11.7 Å². The Labute approximate surface area is 174 Å². The van der Waals surface area contributed by atoms with Crippen molar-refractivity contribution in [3.05, 3.63) is 56.7 Å². The Kier molecular flexibility index (Phi) is 7.48. The number of benzene rings is 1. The maximum Gasteiger partial charge on any atom is 0.220 e. The van der Waals surface area contributed by atoms with Crippen LogP contribution in [0.5, 0.6) is 0 Å². The predicted molar refractivity (Wildman–Crippen MR) is 111 cm³/mol. The molecule has 1 aromatic carbocycles. The maximum absolute atomic E-state index is 12.7. The molecule has 3 rings (SSSR count). The van der Waals surface area contributed by atoms with Crippen molar-refractivity contribution in [2.45, 2.75) is 25.1 Å². The molecule has 2 aromatic rings. The van der Waals surface area contributed by atoms with Crippen molar-refractivity contribution >= 4 is 38.9 Å². The number of sulfonamides is 1. The molecule has 1 aliphatic rings. The molecule has 1 N–H and O–H groups in total. The Balaban J connectivity index is 1.56. The van der Waals surface area contributed by atoms with Gasteiger partial charge in [-0.1, -0.05) is 35.9 Å². The van der Waals surface area contributed by atoms with Crippen LogP contribution in [0, 0.1) is 0 Å². The smallest absolute Gasteiger partial charge is 0.220 e. The Morgan fingerprint density at radius 1 is 1.21 bits per heavy atom. The summed E-state index contributed by atoms with van der Waals surface area (Å²) in [6, 6.07) is 9.18. The predicted octanol–water partition coefficient (Wildman–Crippen LogP) is 2.81. The summed E-state index contributed by atoms with van der Waals surface area (Å²) in [6.07, 6.45) is 1.00. The lowest BCUT2D eigenvalue weighted by Crippen LogP contribution is -2.41. The molecule has 1 saturated heterocycles. The number of amides is 1. The van der Waals surface area contributed by atoms with Crippen LogP contribution in [0.15, 0.2) is 35.7 Å². The molecule has 9 heteroatoms. The first kappa shape index (κ1) is 21.3. The van der Waals surface area contributed by atoms with Gasteiger partial charge >= 0.3 is 0 Å². The fourth-order valence-electron chi connectivity index (χ4n) is 2.99. The first-order valence-electron chi connectivity index (χ1n) is 9.06. The molecule has 0 spiro atoms. The van der Waals surface area contributed by atoms with E-state index >= 15 is 0 Å². The third-order valence-corrected chi connectivity index (χ3v) is 7.69. The van der Waals surface area contributed by atoms with Gasteiger partial charge in [0.25, 0.3) is 0 Å². The van der Waals surface area contributed by atoms with Crippen LogP contribution in [-0.4, -0.2) is 44.9 Å². The normalized spacial score (nSPS) is 15.5. The first-order valence-corrected chi connectivity index (χ1v) is 11.9. The van der Waals surface area contributed by atoms with Crippen molar-refractivity contribution in [2.75, 3.05) is 26.3 Å². The lowest BCUT2D eigenvalue weighted by Gasteiger charge is -2.26. The summed E-state index contributed by atoms with van der Waals surface area (Å²) < 4.78 is 32.1. The number of morpholine rings is 1. The first-order chi connectivity index (χ1) is 13.4. The van der Waals surface area contributed by atoms with E-state index in [4.69, 9.17) is 16.3 Å². The molecule has 0 atom stereocenters. The number of aryl methyl sites for hydroxylation is 1. The molecule has 6 nitrogen and oxygen atoms in total. The number of nitrogens with one attached hydrogen (secondary N) is 1. The van der Waals surface area contributed by atoms with Gasteiger partial charge in [-0.3, -0.25) is 4.79 Å². The van der Waals surface area contributed by atoms with Gasteiger partial charge in [-0.05, 0) is 23.6 Å². The van der Waals surface area contributed by atoms with Gasteiger partial charge in [0.15, 0.2) is 0 Å². The number of halogens is 1. The third-order valence-electron chi connectivity index (χ3n) is 4.52. The molecule has 1 amide bonds. The van der Waals surface area contributed by atoms with Gasteiger partial charge in [-0.2, -0.15) is 4.31 Å². The average Bonchev–Trinajstić information content (AvgIpc) is 3.11. The van der Waals surface area contributed by atoms with E-state index in [9.17, 15) is 13.2 Å². The highest BCUT2D eigenvalue weighted by Crippen LogP contribution is 2.20. The van der Waals surface area contributed by atoms with Gasteiger partial charge < -0.3 is 10.1 Å². The van der Waals surface area contributed by atoms with Crippen LogP contribution in [0.3, 0.4) is 0 Å². The van der Waals surface area contributed by atoms with Crippen LogP contribution in [-0.2, 0) is 38.3 Å². The van der Waals surface area contributed by atoms with E-state index in [0.717, 1.165) is 10.4 Å². The second kappa shape index (κ2) is 9.84. The van der Waals surface area contributed by atoms with Gasteiger partial charge in [-0.15, -0.1) is 11.3 Å². The minimum Gasteiger partial charge on any atom is -0.379 e. The number of carbonyl (C=O) groups is 1. The molecule has 1 aliphatic heterocycles. The molecule has 1 aromatic heterocycles. The van der Waals surface area contributed by atoms with Crippen LogP contribution in [0.1, 0.15) is 22.4 Å². The van der Waals surface area contributed by atoms with Crippen LogP contribution >= 0.6 is 22.9 Å². The van der Waals surface area contributed by atoms with Crippen molar-refractivity contribution in [1.82, 2.24) is 9.62 Å². The molecule has 0 bridgehead atoms. The summed E-state index contributed by atoms with van der Waals surface area (Å²) in [5.74, 6) is -0.150. The van der Waals surface area contributed by atoms with E-state index in [2.05, 4.69) is 5.32 Å². The Hall–Kier alpha value is -1.45. The van der Waals surface area contributed by atoms with Crippen LogP contribution in [0.2, 0.25) is 5.02 Å². The summed E-state index contributed by atoms with van der Waals surface area (Å²) in [6.45, 7) is 1.92. The summed E-state index contributed by atoms with van der Waals surface area (Å²) in [4.78, 5) is 13.2. The van der Waals surface area contributed by atoms with Crippen molar-refractivity contribution in [3.8, 4) is 0 Å². The van der Waals surface area contributed by atoms with E-state index in [1.54, 1.807) is 6.07 Å². The summed E-state index contributed by atoms with van der Waals surface area (Å²) in [7, 11) is -3.41. The topological polar surface area (TPSA) is 75.7 Å². The van der Waals surface area contributed by atoms with Crippen LogP contribution in [0.25, 0.3) is 0 Å². The molecule has 1 fully saturated rings. The number of thiophene rings is 1. The lowest BCUT2D eigenvalue weighted by atomic mass is 10.1. The monoisotopic (exact) mass is 442 g/mol. The van der Waals surface area contributed by atoms with Gasteiger partial charge in [-0.25, -0.2) is 8.42 Å². The minimum atomic E-state index is -3.41. The van der Waals surface area contributed by atoms with Gasteiger partial charge in [0.05, 0.1) is 24.0 Å². The average molecular weight is 443 g/mol. The lowest BCUT2D eigenvalue weighted by molar-refractivity contribution is -0.121. The molecule has 2 heterocycles. The van der Waals surface area contributed by atoms with Gasteiger partial charge in [0.1, 0.15) is 0 Å². The second-order valence-electron chi connectivity index (χ2n) is 6.54. The summed E-state index contributed by atoms with van der Waals surface area (Å²) in [5.41, 5.74) is 1.52. The van der Waals surface area contributed by atoms with E-state index in [1.165, 1.54) is 15.6 Å². The largest absolute Gasteiger partial charge is 0.379 e. The highest BCUT2D eigenvalue weighted by molar-refractivity contribution is 7.88. The molecule has 28 heavy (non-hydrogen) atoms. The van der Waals surface area contributed by atoms with Crippen LogP contribution in [0.4, 0.5) is 0 Å². The number of hydrogen-bond acceptors (Lipinski definition) is 5. The van der Waals surface area contributed by atoms with E-state index in [0.29, 0.717) is 56.3 Å². The zero-order valence-electron chi connectivity index (χ0n) is 15.4. The van der Waals surface area contributed by atoms with Gasteiger partial charge in [0, 0.05) is 36.3 Å². The quantitative estimate of drug-likeness (QED) is 0.682. The van der Waals surface area contributed by atoms with E-state index < -0.39 is 10.0 Å². The number of ether oxygens (including phenoxy) is 1. The second-order valence-corrected chi connectivity index (χ2v) is 9.95. The molecule has 0 unspecified atom stereocenters.